The third kappa shape index (κ3) is 35.1. The maximum absolute atomic E-state index is 12.3. The van der Waals surface area contributed by atoms with Crippen molar-refractivity contribution in [1.82, 2.24) is 5.32 Å². The van der Waals surface area contributed by atoms with Crippen molar-refractivity contribution in [3.8, 4) is 0 Å². The quantitative estimate of drug-likeness (QED) is 0.0465. The van der Waals surface area contributed by atoms with E-state index in [1.54, 1.807) is 6.08 Å². The predicted octanol–water partition coefficient (Wildman–Crippen LogP) is 12.3. The molecule has 0 saturated carbocycles. The zero-order valence-corrected chi connectivity index (χ0v) is 31.5. The van der Waals surface area contributed by atoms with Gasteiger partial charge in [0.25, 0.3) is 0 Å². The minimum absolute atomic E-state index is 0.117. The number of hydrogen-bond acceptors (Lipinski definition) is 3. The maximum atomic E-state index is 12.3. The van der Waals surface area contributed by atoms with Gasteiger partial charge in [0.05, 0.1) is 18.8 Å². The third-order valence-corrected chi connectivity index (χ3v) is 8.67. The SMILES string of the molecule is CC/C=C\C/C=C\C/C=C\C/C=C\CCCCC(=O)NC(CO)C(O)/C=C/CC/C=C/CCCCCCCCCCCCCCCCC. The zero-order valence-electron chi connectivity index (χ0n) is 31.5. The molecule has 0 aliphatic heterocycles. The Morgan fingerprint density at radius 3 is 1.46 bits per heavy atom. The summed E-state index contributed by atoms with van der Waals surface area (Å²) < 4.78 is 0. The third-order valence-electron chi connectivity index (χ3n) is 8.67. The van der Waals surface area contributed by atoms with Crippen LogP contribution in [-0.4, -0.2) is 34.9 Å². The van der Waals surface area contributed by atoms with Crippen molar-refractivity contribution < 1.29 is 15.0 Å². The average molecular weight is 668 g/mol. The molecule has 0 rings (SSSR count). The van der Waals surface area contributed by atoms with Gasteiger partial charge in [0.2, 0.25) is 5.91 Å². The molecular formula is C44H77NO3. The number of unbranched alkanes of at least 4 members (excludes halogenated alkanes) is 18. The van der Waals surface area contributed by atoms with Gasteiger partial charge in [0.15, 0.2) is 0 Å². The van der Waals surface area contributed by atoms with E-state index in [1.807, 2.05) is 6.08 Å². The van der Waals surface area contributed by atoms with Crippen LogP contribution in [0.25, 0.3) is 0 Å². The van der Waals surface area contributed by atoms with Crippen molar-refractivity contribution in [2.45, 2.75) is 193 Å². The van der Waals surface area contributed by atoms with Crippen LogP contribution in [0.5, 0.6) is 0 Å². The molecule has 0 heterocycles. The summed E-state index contributed by atoms with van der Waals surface area (Å²) in [5.74, 6) is -0.117. The summed E-state index contributed by atoms with van der Waals surface area (Å²) in [6.07, 6.45) is 55.8. The second-order valence-electron chi connectivity index (χ2n) is 13.3. The first-order valence-electron chi connectivity index (χ1n) is 20.2. The van der Waals surface area contributed by atoms with Crippen molar-refractivity contribution in [3.63, 3.8) is 0 Å². The highest BCUT2D eigenvalue weighted by Gasteiger charge is 2.17. The molecule has 0 radical (unpaired) electrons. The second-order valence-corrected chi connectivity index (χ2v) is 13.3. The molecule has 0 spiro atoms. The molecule has 0 aliphatic carbocycles. The Hall–Kier alpha value is -2.17. The second kappa shape index (κ2) is 39.3. The number of allylic oxidation sites excluding steroid dienone is 11. The Labute approximate surface area is 298 Å². The average Bonchev–Trinajstić information content (AvgIpc) is 3.09. The van der Waals surface area contributed by atoms with Crippen LogP contribution in [0.4, 0.5) is 0 Å². The van der Waals surface area contributed by atoms with E-state index in [4.69, 9.17) is 0 Å². The van der Waals surface area contributed by atoms with Crippen LogP contribution in [0.3, 0.4) is 0 Å². The van der Waals surface area contributed by atoms with E-state index in [2.05, 4.69) is 79.9 Å². The predicted molar refractivity (Wildman–Crippen MR) is 211 cm³/mol. The number of hydrogen-bond donors (Lipinski definition) is 3. The van der Waals surface area contributed by atoms with Crippen LogP contribution in [0.2, 0.25) is 0 Å². The normalized spacial score (nSPS) is 13.8. The van der Waals surface area contributed by atoms with Crippen LogP contribution in [0, 0.1) is 0 Å². The molecule has 3 N–H and O–H groups in total. The van der Waals surface area contributed by atoms with Crippen molar-refractivity contribution in [1.29, 1.82) is 0 Å². The van der Waals surface area contributed by atoms with Gasteiger partial charge in [0.1, 0.15) is 0 Å². The molecule has 0 aromatic carbocycles. The van der Waals surface area contributed by atoms with Gasteiger partial charge < -0.3 is 15.5 Å². The number of nitrogens with one attached hydrogen (secondary N) is 1. The van der Waals surface area contributed by atoms with E-state index in [1.165, 1.54) is 96.3 Å². The molecule has 2 unspecified atom stereocenters. The molecule has 48 heavy (non-hydrogen) atoms. The summed E-state index contributed by atoms with van der Waals surface area (Å²) in [7, 11) is 0. The molecule has 4 heteroatoms. The minimum atomic E-state index is -0.882. The lowest BCUT2D eigenvalue weighted by molar-refractivity contribution is -0.123. The number of aliphatic hydroxyl groups excluding tert-OH is 2. The molecule has 0 fully saturated rings. The van der Waals surface area contributed by atoms with Gasteiger partial charge in [-0.1, -0.05) is 177 Å². The van der Waals surface area contributed by atoms with E-state index in [0.717, 1.165) is 64.2 Å². The Bertz CT molecular complexity index is 853. The Morgan fingerprint density at radius 2 is 0.938 bits per heavy atom. The number of aliphatic hydroxyl groups is 2. The lowest BCUT2D eigenvalue weighted by Crippen LogP contribution is -2.45. The van der Waals surface area contributed by atoms with Crippen LogP contribution < -0.4 is 5.32 Å². The van der Waals surface area contributed by atoms with Gasteiger partial charge >= 0.3 is 0 Å². The van der Waals surface area contributed by atoms with Crippen LogP contribution in [0.15, 0.2) is 72.9 Å². The fourth-order valence-corrected chi connectivity index (χ4v) is 5.59. The highest BCUT2D eigenvalue weighted by atomic mass is 16.3. The first-order valence-corrected chi connectivity index (χ1v) is 20.2. The number of amides is 1. The van der Waals surface area contributed by atoms with Crippen LogP contribution >= 0.6 is 0 Å². The maximum Gasteiger partial charge on any atom is 0.220 e. The van der Waals surface area contributed by atoms with E-state index < -0.39 is 12.1 Å². The standard InChI is InChI=1S/C44H77NO3/c1-3-5-7-9-11-13-15-17-19-20-21-22-23-24-26-27-29-31-33-35-37-39-43(47)42(41-46)45-44(48)40-38-36-34-32-30-28-25-18-16-14-12-10-8-6-4-2/h6,8,12,14,18,25,29-32,37,39,42-43,46-47H,3-5,7,9-11,13,15-17,19-24,26-28,33-36,38,40-41H2,1-2H3,(H,45,48)/b8-6-,14-12-,25-18-,31-29+,32-30-,39-37+. The van der Waals surface area contributed by atoms with Crippen LogP contribution in [0.1, 0.15) is 181 Å². The fraction of sp³-hybridized carbons (Fsp3) is 0.705. The van der Waals surface area contributed by atoms with Gasteiger partial charge in [-0.05, 0) is 70.6 Å². The highest BCUT2D eigenvalue weighted by Crippen LogP contribution is 2.14. The summed E-state index contributed by atoms with van der Waals surface area (Å²) >= 11 is 0. The minimum Gasteiger partial charge on any atom is -0.394 e. The number of rotatable bonds is 35. The molecule has 2 atom stereocenters. The molecule has 0 aliphatic rings. The molecule has 0 aromatic heterocycles. The van der Waals surface area contributed by atoms with Gasteiger partial charge in [0, 0.05) is 6.42 Å². The fourth-order valence-electron chi connectivity index (χ4n) is 5.59. The summed E-state index contributed by atoms with van der Waals surface area (Å²) in [6.45, 7) is 4.15. The number of carbonyl (C=O) groups is 1. The van der Waals surface area contributed by atoms with Gasteiger partial charge in [-0.15, -0.1) is 0 Å². The van der Waals surface area contributed by atoms with Crippen molar-refractivity contribution in [2.75, 3.05) is 6.61 Å². The van der Waals surface area contributed by atoms with Crippen molar-refractivity contribution >= 4 is 5.91 Å². The highest BCUT2D eigenvalue weighted by molar-refractivity contribution is 5.76. The lowest BCUT2D eigenvalue weighted by Gasteiger charge is -2.19. The van der Waals surface area contributed by atoms with E-state index in [0.29, 0.717) is 6.42 Å². The lowest BCUT2D eigenvalue weighted by atomic mass is 10.0. The molecule has 0 aromatic rings. The van der Waals surface area contributed by atoms with Gasteiger partial charge in [-0.3, -0.25) is 4.79 Å². The molecular weight excluding hydrogens is 590 g/mol. The zero-order chi connectivity index (χ0) is 35.0. The first kappa shape index (κ1) is 45.8. The monoisotopic (exact) mass is 668 g/mol. The first-order chi connectivity index (χ1) is 23.7. The molecule has 0 bridgehead atoms. The summed E-state index contributed by atoms with van der Waals surface area (Å²) in [5, 5.41) is 22.9. The smallest absolute Gasteiger partial charge is 0.220 e. The Kier molecular flexibility index (Phi) is 37.5. The van der Waals surface area contributed by atoms with Crippen molar-refractivity contribution in [2.24, 2.45) is 0 Å². The van der Waals surface area contributed by atoms with E-state index in [-0.39, 0.29) is 12.5 Å². The van der Waals surface area contributed by atoms with Crippen molar-refractivity contribution in [3.05, 3.63) is 72.9 Å². The number of carbonyl (C=O) groups excluding carboxylic acids is 1. The van der Waals surface area contributed by atoms with E-state index >= 15 is 0 Å². The summed E-state index contributed by atoms with van der Waals surface area (Å²) in [5.41, 5.74) is 0. The van der Waals surface area contributed by atoms with E-state index in [9.17, 15) is 15.0 Å². The topological polar surface area (TPSA) is 69.6 Å². The summed E-state index contributed by atoms with van der Waals surface area (Å²) in [6, 6.07) is -0.663. The molecule has 0 saturated heterocycles. The summed E-state index contributed by atoms with van der Waals surface area (Å²) in [4.78, 5) is 12.3. The Balaban J connectivity index is 3.71. The molecule has 1 amide bonds. The van der Waals surface area contributed by atoms with Gasteiger partial charge in [-0.2, -0.15) is 0 Å². The largest absolute Gasteiger partial charge is 0.394 e. The molecule has 4 nitrogen and oxygen atoms in total. The van der Waals surface area contributed by atoms with Gasteiger partial charge in [-0.25, -0.2) is 0 Å². The molecule has 276 valence electrons. The van der Waals surface area contributed by atoms with Crippen LogP contribution in [-0.2, 0) is 4.79 Å². The Morgan fingerprint density at radius 1 is 0.521 bits per heavy atom.